The Morgan fingerprint density at radius 3 is 2.82 bits per heavy atom. The minimum absolute atomic E-state index is 0.184. The molecular weight excluding hydrogens is 448 g/mol. The largest absolute Gasteiger partial charge is 0.308 e. The second kappa shape index (κ2) is 9.12. The standard InChI is InChI=1S/C26H28N4OS2/c31-26-24-21-11-10-18(13-22(21)33-25(24)28-16-30(26)20-8-4-5-9-20)27-14-19-15-32-23(29-19)12-17-6-2-1-3-7-17/h1-3,6-7,15-16,18,20,27H,4-5,8-14H2. The molecular formula is C26H28N4OS2. The van der Waals surface area contributed by atoms with Gasteiger partial charge in [0.25, 0.3) is 5.56 Å². The number of nitrogens with one attached hydrogen (secondary N) is 1. The van der Waals surface area contributed by atoms with Crippen molar-refractivity contribution < 1.29 is 0 Å². The molecule has 3 heterocycles. The van der Waals surface area contributed by atoms with E-state index >= 15 is 0 Å². The molecule has 6 rings (SSSR count). The molecule has 7 heteroatoms. The van der Waals surface area contributed by atoms with Crippen LogP contribution in [0.15, 0.2) is 46.8 Å². The van der Waals surface area contributed by atoms with Gasteiger partial charge in [0.1, 0.15) is 4.83 Å². The Balaban J connectivity index is 1.13. The van der Waals surface area contributed by atoms with Gasteiger partial charge in [-0.3, -0.25) is 9.36 Å². The number of nitrogens with zero attached hydrogens (tertiary/aromatic N) is 3. The molecule has 2 aliphatic carbocycles. The first kappa shape index (κ1) is 21.2. The Kier molecular flexibility index (Phi) is 5.86. The molecule has 1 fully saturated rings. The lowest BCUT2D eigenvalue weighted by Gasteiger charge is -2.23. The number of hydrogen-bond acceptors (Lipinski definition) is 6. The van der Waals surface area contributed by atoms with Crippen LogP contribution in [0.25, 0.3) is 10.2 Å². The molecule has 2 aliphatic rings. The van der Waals surface area contributed by atoms with Crippen molar-refractivity contribution in [2.24, 2.45) is 0 Å². The maximum absolute atomic E-state index is 13.3. The number of thiophene rings is 1. The van der Waals surface area contributed by atoms with Crippen LogP contribution >= 0.6 is 22.7 Å². The van der Waals surface area contributed by atoms with Crippen LogP contribution in [-0.2, 0) is 25.8 Å². The zero-order valence-corrected chi connectivity index (χ0v) is 20.3. The van der Waals surface area contributed by atoms with Crippen LogP contribution in [0.5, 0.6) is 0 Å². The number of benzene rings is 1. The first-order valence-corrected chi connectivity index (χ1v) is 13.7. The zero-order valence-electron chi connectivity index (χ0n) is 18.6. The third kappa shape index (κ3) is 4.29. The maximum atomic E-state index is 13.3. The van der Waals surface area contributed by atoms with Crippen molar-refractivity contribution in [1.82, 2.24) is 19.9 Å². The van der Waals surface area contributed by atoms with Crippen LogP contribution in [0.1, 0.15) is 64.9 Å². The van der Waals surface area contributed by atoms with E-state index < -0.39 is 0 Å². The molecule has 1 unspecified atom stereocenters. The quantitative estimate of drug-likeness (QED) is 0.412. The van der Waals surface area contributed by atoms with Crippen molar-refractivity contribution >= 4 is 32.9 Å². The van der Waals surface area contributed by atoms with Gasteiger partial charge in [-0.1, -0.05) is 43.2 Å². The first-order chi connectivity index (χ1) is 16.2. The molecule has 1 saturated carbocycles. The van der Waals surface area contributed by atoms with Gasteiger partial charge in [-0.05, 0) is 43.2 Å². The Morgan fingerprint density at radius 2 is 1.97 bits per heavy atom. The van der Waals surface area contributed by atoms with E-state index in [4.69, 9.17) is 9.97 Å². The average Bonchev–Trinajstić information content (AvgIpc) is 3.58. The van der Waals surface area contributed by atoms with E-state index in [0.717, 1.165) is 66.0 Å². The van der Waals surface area contributed by atoms with E-state index in [1.165, 1.54) is 28.8 Å². The lowest BCUT2D eigenvalue weighted by atomic mass is 9.93. The van der Waals surface area contributed by atoms with Crippen molar-refractivity contribution in [3.05, 3.63) is 79.1 Å². The number of aromatic nitrogens is 3. The van der Waals surface area contributed by atoms with Gasteiger partial charge in [0, 0.05) is 35.3 Å². The molecule has 4 aromatic rings. The van der Waals surface area contributed by atoms with Crippen molar-refractivity contribution in [1.29, 1.82) is 0 Å². The molecule has 33 heavy (non-hydrogen) atoms. The Hall–Kier alpha value is -2.35. The summed E-state index contributed by atoms with van der Waals surface area (Å²) in [6, 6.07) is 11.3. The maximum Gasteiger partial charge on any atom is 0.262 e. The number of aryl methyl sites for hydroxylation is 1. The lowest BCUT2D eigenvalue weighted by Crippen LogP contribution is -2.34. The van der Waals surface area contributed by atoms with E-state index in [0.29, 0.717) is 12.1 Å². The van der Waals surface area contributed by atoms with Gasteiger partial charge >= 0.3 is 0 Å². The Morgan fingerprint density at radius 1 is 1.12 bits per heavy atom. The highest BCUT2D eigenvalue weighted by Gasteiger charge is 2.27. The highest BCUT2D eigenvalue weighted by atomic mass is 32.1. The minimum atomic E-state index is 0.184. The van der Waals surface area contributed by atoms with Gasteiger partial charge in [-0.2, -0.15) is 0 Å². The number of hydrogen-bond donors (Lipinski definition) is 1. The summed E-state index contributed by atoms with van der Waals surface area (Å²) in [6.45, 7) is 0.795. The van der Waals surface area contributed by atoms with Crippen LogP contribution < -0.4 is 10.9 Å². The van der Waals surface area contributed by atoms with Crippen molar-refractivity contribution in [3.8, 4) is 0 Å². The highest BCUT2D eigenvalue weighted by molar-refractivity contribution is 7.18. The smallest absolute Gasteiger partial charge is 0.262 e. The third-order valence-corrected chi connectivity index (χ3v) is 9.14. The summed E-state index contributed by atoms with van der Waals surface area (Å²) >= 11 is 3.46. The summed E-state index contributed by atoms with van der Waals surface area (Å²) in [4.78, 5) is 25.1. The summed E-state index contributed by atoms with van der Waals surface area (Å²) in [7, 11) is 0. The van der Waals surface area contributed by atoms with Crippen molar-refractivity contribution in [2.75, 3.05) is 0 Å². The summed E-state index contributed by atoms with van der Waals surface area (Å²) in [5.41, 5.74) is 3.87. The Labute approximate surface area is 201 Å². The normalized spacial score (nSPS) is 18.7. The van der Waals surface area contributed by atoms with E-state index in [-0.39, 0.29) is 5.56 Å². The molecule has 5 nitrogen and oxygen atoms in total. The monoisotopic (exact) mass is 476 g/mol. The molecule has 170 valence electrons. The fraction of sp³-hybridized carbons (Fsp3) is 0.423. The fourth-order valence-electron chi connectivity index (χ4n) is 5.33. The summed E-state index contributed by atoms with van der Waals surface area (Å²) in [6.07, 6.45) is 10.3. The van der Waals surface area contributed by atoms with Gasteiger partial charge in [0.2, 0.25) is 0 Å². The van der Waals surface area contributed by atoms with Gasteiger partial charge in [-0.15, -0.1) is 22.7 Å². The van der Waals surface area contributed by atoms with Crippen LogP contribution in [0, 0.1) is 0 Å². The zero-order chi connectivity index (χ0) is 22.2. The minimum Gasteiger partial charge on any atom is -0.308 e. The second-order valence-corrected chi connectivity index (χ2v) is 11.3. The summed E-state index contributed by atoms with van der Waals surface area (Å²) in [5.74, 6) is 0. The van der Waals surface area contributed by atoms with Gasteiger partial charge in [-0.25, -0.2) is 9.97 Å². The molecule has 1 N–H and O–H groups in total. The Bertz CT molecular complexity index is 1320. The van der Waals surface area contributed by atoms with E-state index in [1.54, 1.807) is 29.0 Å². The summed E-state index contributed by atoms with van der Waals surface area (Å²) in [5, 5.41) is 7.95. The molecule has 0 saturated heterocycles. The predicted molar refractivity (Wildman–Crippen MR) is 135 cm³/mol. The van der Waals surface area contributed by atoms with Crippen LogP contribution in [0.2, 0.25) is 0 Å². The topological polar surface area (TPSA) is 59.8 Å². The first-order valence-electron chi connectivity index (χ1n) is 12.0. The van der Waals surface area contributed by atoms with E-state index in [9.17, 15) is 4.79 Å². The van der Waals surface area contributed by atoms with Crippen LogP contribution in [-0.4, -0.2) is 20.6 Å². The number of thiazole rings is 1. The lowest BCUT2D eigenvalue weighted by molar-refractivity contribution is 0.459. The number of fused-ring (bicyclic) bond motifs is 3. The number of rotatable bonds is 6. The van der Waals surface area contributed by atoms with E-state index in [2.05, 4.69) is 35.0 Å². The van der Waals surface area contributed by atoms with Crippen molar-refractivity contribution in [2.45, 2.75) is 70.0 Å². The SMILES string of the molecule is O=c1c2c3c(sc2ncn1C1CCCC1)CC(NCc1csc(Cc2ccccc2)n1)CC3. The van der Waals surface area contributed by atoms with Crippen molar-refractivity contribution in [3.63, 3.8) is 0 Å². The molecule has 0 aliphatic heterocycles. The second-order valence-electron chi connectivity index (χ2n) is 9.29. The van der Waals surface area contributed by atoms with Gasteiger partial charge in [0.05, 0.1) is 22.4 Å². The molecule has 0 radical (unpaired) electrons. The summed E-state index contributed by atoms with van der Waals surface area (Å²) < 4.78 is 1.92. The van der Waals surface area contributed by atoms with Gasteiger partial charge < -0.3 is 5.32 Å². The van der Waals surface area contributed by atoms with Crippen LogP contribution in [0.3, 0.4) is 0 Å². The van der Waals surface area contributed by atoms with E-state index in [1.807, 2.05) is 10.6 Å². The average molecular weight is 477 g/mol. The van der Waals surface area contributed by atoms with Crippen LogP contribution in [0.4, 0.5) is 0 Å². The fourth-order valence-corrected chi connectivity index (χ4v) is 7.41. The molecule has 3 aromatic heterocycles. The molecule has 1 aromatic carbocycles. The molecule has 1 atom stereocenters. The molecule has 0 bridgehead atoms. The predicted octanol–water partition coefficient (Wildman–Crippen LogP) is 5.27. The molecule has 0 amide bonds. The molecule has 0 spiro atoms. The third-order valence-electron chi connectivity index (χ3n) is 7.08. The highest BCUT2D eigenvalue weighted by Crippen LogP contribution is 2.35. The van der Waals surface area contributed by atoms with Gasteiger partial charge in [0.15, 0.2) is 0 Å².